The summed E-state index contributed by atoms with van der Waals surface area (Å²) in [6, 6.07) is 7.84. The number of nitrogens with zero attached hydrogens (tertiary/aromatic N) is 2. The van der Waals surface area contributed by atoms with Crippen molar-refractivity contribution < 1.29 is 21.6 Å². The lowest BCUT2D eigenvalue weighted by Gasteiger charge is -2.32. The van der Waals surface area contributed by atoms with Crippen LogP contribution in [0.5, 0.6) is 0 Å². The summed E-state index contributed by atoms with van der Waals surface area (Å²) in [4.78, 5) is 4.50. The highest BCUT2D eigenvalue weighted by Crippen LogP contribution is 2.28. The molecule has 1 aromatic rings. The molecule has 1 aliphatic heterocycles. The summed E-state index contributed by atoms with van der Waals surface area (Å²) in [6.45, 7) is 4.69. The third kappa shape index (κ3) is 5.83. The van der Waals surface area contributed by atoms with Crippen molar-refractivity contribution in [2.75, 3.05) is 19.6 Å². The van der Waals surface area contributed by atoms with Crippen molar-refractivity contribution >= 4 is 16.0 Å². The van der Waals surface area contributed by atoms with Crippen molar-refractivity contribution in [1.82, 2.24) is 14.9 Å². The summed E-state index contributed by atoms with van der Waals surface area (Å²) in [6.07, 6.45) is 0.564. The molecule has 0 amide bonds. The number of sulfonamides is 1. The second-order valence-corrected chi connectivity index (χ2v) is 8.38. The Balaban J connectivity index is 1.94. The van der Waals surface area contributed by atoms with Crippen molar-refractivity contribution in [3.8, 4) is 0 Å². The zero-order valence-corrected chi connectivity index (χ0v) is 16.2. The van der Waals surface area contributed by atoms with Gasteiger partial charge in [-0.05, 0) is 32.3 Å². The predicted octanol–water partition coefficient (Wildman–Crippen LogP) is 2.36. The molecule has 152 valence electrons. The SMILES string of the molecule is CCNC(=NCc1ccc(C)cc1)NC1CCN(S(=O)(=O)C(F)(F)F)CC1. The van der Waals surface area contributed by atoms with Gasteiger partial charge in [0.25, 0.3) is 0 Å². The molecule has 1 aromatic carbocycles. The van der Waals surface area contributed by atoms with Crippen LogP contribution in [0.2, 0.25) is 0 Å². The zero-order valence-electron chi connectivity index (χ0n) is 15.4. The first-order chi connectivity index (χ1) is 12.6. The van der Waals surface area contributed by atoms with E-state index < -0.39 is 15.5 Å². The Bertz CT molecular complexity index is 740. The van der Waals surface area contributed by atoms with Crippen molar-refractivity contribution in [3.05, 3.63) is 35.4 Å². The minimum absolute atomic E-state index is 0.138. The third-order valence-electron chi connectivity index (χ3n) is 4.31. The molecule has 0 aliphatic carbocycles. The van der Waals surface area contributed by atoms with Gasteiger partial charge >= 0.3 is 15.5 Å². The van der Waals surface area contributed by atoms with Crippen LogP contribution in [0, 0.1) is 6.92 Å². The molecule has 10 heteroatoms. The maximum atomic E-state index is 12.6. The highest BCUT2D eigenvalue weighted by molar-refractivity contribution is 7.90. The lowest BCUT2D eigenvalue weighted by Crippen LogP contribution is -2.51. The normalized spacial score (nSPS) is 17.7. The summed E-state index contributed by atoms with van der Waals surface area (Å²) in [5, 5.41) is 6.29. The van der Waals surface area contributed by atoms with Crippen LogP contribution in [0.3, 0.4) is 0 Å². The molecule has 0 bridgehead atoms. The largest absolute Gasteiger partial charge is 0.511 e. The molecule has 1 fully saturated rings. The van der Waals surface area contributed by atoms with Gasteiger partial charge in [0.15, 0.2) is 5.96 Å². The number of hydrogen-bond donors (Lipinski definition) is 2. The number of benzene rings is 1. The topological polar surface area (TPSA) is 73.8 Å². The first kappa shape index (κ1) is 21.5. The average Bonchev–Trinajstić information content (AvgIpc) is 2.61. The van der Waals surface area contributed by atoms with Gasteiger partial charge in [0, 0.05) is 25.7 Å². The molecule has 0 unspecified atom stereocenters. The number of halogens is 3. The van der Waals surface area contributed by atoms with Crippen molar-refractivity contribution in [2.24, 2.45) is 4.99 Å². The van der Waals surface area contributed by atoms with Crippen LogP contribution in [-0.4, -0.2) is 49.9 Å². The van der Waals surface area contributed by atoms with Crippen LogP contribution in [0.25, 0.3) is 0 Å². The summed E-state index contributed by atoms with van der Waals surface area (Å²) < 4.78 is 61.3. The van der Waals surface area contributed by atoms with Crippen LogP contribution < -0.4 is 10.6 Å². The Labute approximate surface area is 157 Å². The highest BCUT2D eigenvalue weighted by atomic mass is 32.2. The lowest BCUT2D eigenvalue weighted by molar-refractivity contribution is -0.0494. The molecule has 1 saturated heterocycles. The first-order valence-corrected chi connectivity index (χ1v) is 10.2. The fraction of sp³-hybridized carbons (Fsp3) is 0.588. The number of aryl methyl sites for hydroxylation is 1. The summed E-state index contributed by atoms with van der Waals surface area (Å²) in [7, 11) is -5.25. The highest BCUT2D eigenvalue weighted by Gasteiger charge is 2.50. The first-order valence-electron chi connectivity index (χ1n) is 8.80. The Morgan fingerprint density at radius 1 is 1.22 bits per heavy atom. The molecular formula is C17H25F3N4O2S. The second kappa shape index (κ2) is 8.92. The fourth-order valence-corrected chi connectivity index (χ4v) is 3.75. The quantitative estimate of drug-likeness (QED) is 0.582. The monoisotopic (exact) mass is 406 g/mol. The van der Waals surface area contributed by atoms with Gasteiger partial charge in [-0.2, -0.15) is 17.5 Å². The predicted molar refractivity (Wildman–Crippen MR) is 98.7 cm³/mol. The van der Waals surface area contributed by atoms with E-state index >= 15 is 0 Å². The molecule has 0 aromatic heterocycles. The van der Waals surface area contributed by atoms with Crippen LogP contribution in [0.15, 0.2) is 29.3 Å². The number of aliphatic imine (C=N–C) groups is 1. The minimum atomic E-state index is -5.25. The average molecular weight is 406 g/mol. The molecule has 0 radical (unpaired) electrons. The zero-order chi connectivity index (χ0) is 20.1. The molecule has 0 atom stereocenters. The van der Waals surface area contributed by atoms with Crippen LogP contribution >= 0.6 is 0 Å². The Morgan fingerprint density at radius 2 is 1.81 bits per heavy atom. The molecule has 27 heavy (non-hydrogen) atoms. The van der Waals surface area contributed by atoms with E-state index in [1.54, 1.807) is 0 Å². The summed E-state index contributed by atoms with van der Waals surface area (Å²) in [5.74, 6) is 0.565. The van der Waals surface area contributed by atoms with Gasteiger partial charge in [0.05, 0.1) is 6.54 Å². The number of nitrogens with one attached hydrogen (secondary N) is 2. The van der Waals surface area contributed by atoms with E-state index in [2.05, 4.69) is 15.6 Å². The number of hydrogen-bond acceptors (Lipinski definition) is 3. The summed E-state index contributed by atoms with van der Waals surface area (Å²) in [5.41, 5.74) is -3.05. The van der Waals surface area contributed by atoms with Crippen LogP contribution in [-0.2, 0) is 16.6 Å². The van der Waals surface area contributed by atoms with E-state index in [1.807, 2.05) is 38.1 Å². The molecular weight excluding hydrogens is 381 g/mol. The lowest BCUT2D eigenvalue weighted by atomic mass is 10.1. The Hall–Kier alpha value is -1.81. The van der Waals surface area contributed by atoms with Gasteiger partial charge in [-0.1, -0.05) is 29.8 Å². The molecule has 1 aliphatic rings. The Morgan fingerprint density at radius 3 is 2.33 bits per heavy atom. The second-order valence-electron chi connectivity index (χ2n) is 6.45. The van der Waals surface area contributed by atoms with Crippen LogP contribution in [0.1, 0.15) is 30.9 Å². The maximum Gasteiger partial charge on any atom is 0.511 e. The van der Waals surface area contributed by atoms with E-state index in [9.17, 15) is 21.6 Å². The minimum Gasteiger partial charge on any atom is -0.357 e. The van der Waals surface area contributed by atoms with E-state index in [0.29, 0.717) is 23.4 Å². The smallest absolute Gasteiger partial charge is 0.357 e. The molecule has 2 N–H and O–H groups in total. The van der Waals surface area contributed by atoms with Crippen molar-refractivity contribution in [3.63, 3.8) is 0 Å². The maximum absolute atomic E-state index is 12.6. The third-order valence-corrected chi connectivity index (χ3v) is 5.94. The van der Waals surface area contributed by atoms with Gasteiger partial charge in [-0.25, -0.2) is 13.4 Å². The summed E-state index contributed by atoms with van der Waals surface area (Å²) >= 11 is 0. The van der Waals surface area contributed by atoms with Gasteiger partial charge in [0.2, 0.25) is 0 Å². The number of rotatable bonds is 5. The standard InChI is InChI=1S/C17H25F3N4O2S/c1-3-21-16(22-12-14-6-4-13(2)5-7-14)23-15-8-10-24(11-9-15)27(25,26)17(18,19)20/h4-7,15H,3,8-12H2,1-2H3,(H2,21,22,23). The molecule has 6 nitrogen and oxygen atoms in total. The van der Waals surface area contributed by atoms with E-state index in [0.717, 1.165) is 11.1 Å². The Kier molecular flexibility index (Phi) is 7.10. The molecule has 0 spiro atoms. The van der Waals surface area contributed by atoms with E-state index in [4.69, 9.17) is 0 Å². The van der Waals surface area contributed by atoms with E-state index in [-0.39, 0.29) is 32.0 Å². The number of alkyl halides is 3. The molecule has 0 saturated carbocycles. The number of piperidine rings is 1. The van der Waals surface area contributed by atoms with Crippen LogP contribution in [0.4, 0.5) is 13.2 Å². The van der Waals surface area contributed by atoms with Gasteiger partial charge in [-0.3, -0.25) is 0 Å². The van der Waals surface area contributed by atoms with Crippen molar-refractivity contribution in [2.45, 2.75) is 44.8 Å². The fourth-order valence-electron chi connectivity index (χ4n) is 2.76. The van der Waals surface area contributed by atoms with E-state index in [1.165, 1.54) is 0 Å². The van der Waals surface area contributed by atoms with Crippen molar-refractivity contribution in [1.29, 1.82) is 0 Å². The van der Waals surface area contributed by atoms with Gasteiger partial charge in [0.1, 0.15) is 0 Å². The number of guanidine groups is 1. The van der Waals surface area contributed by atoms with Gasteiger partial charge < -0.3 is 10.6 Å². The van der Waals surface area contributed by atoms with Gasteiger partial charge in [-0.15, -0.1) is 0 Å². The molecule has 2 rings (SSSR count). The molecule has 1 heterocycles.